The van der Waals surface area contributed by atoms with Gasteiger partial charge in [0, 0.05) is 6.54 Å². The highest BCUT2D eigenvalue weighted by Gasteiger charge is 2.10. The second kappa shape index (κ2) is 8.50. The summed E-state index contributed by atoms with van der Waals surface area (Å²) in [5.41, 5.74) is 0.516. The summed E-state index contributed by atoms with van der Waals surface area (Å²) < 4.78 is 11.1. The smallest absolute Gasteiger partial charge is 0.343 e. The molecule has 0 aliphatic carbocycles. The Morgan fingerprint density at radius 2 is 1.58 bits per heavy atom. The van der Waals surface area contributed by atoms with Gasteiger partial charge in [-0.2, -0.15) is 0 Å². The summed E-state index contributed by atoms with van der Waals surface area (Å²) in [6, 6.07) is 16.2. The number of nitrogens with zero attached hydrogens (tertiary/aromatic N) is 1. The number of para-hydroxylation sites is 1. The predicted molar refractivity (Wildman–Crippen MR) is 93.6 cm³/mol. The topological polar surface area (TPSA) is 38.8 Å². The number of esters is 1. The van der Waals surface area contributed by atoms with Crippen molar-refractivity contribution < 1.29 is 14.3 Å². The Bertz CT molecular complexity index is 634. The summed E-state index contributed by atoms with van der Waals surface area (Å²) in [4.78, 5) is 14.5. The number of piperidine rings is 1. The molecule has 1 aliphatic rings. The maximum absolute atomic E-state index is 12.1. The number of carbonyl (C=O) groups excluding carboxylic acids is 1. The van der Waals surface area contributed by atoms with Crippen LogP contribution < -0.4 is 9.47 Å². The Morgan fingerprint density at radius 3 is 2.29 bits per heavy atom. The SMILES string of the molecule is O=C(Oc1ccccc1)c1ccc(OCCN2CCCCC2)cc1. The van der Waals surface area contributed by atoms with Gasteiger partial charge in [0.25, 0.3) is 0 Å². The summed E-state index contributed by atoms with van der Waals surface area (Å²) in [6.07, 6.45) is 3.92. The summed E-state index contributed by atoms with van der Waals surface area (Å²) in [7, 11) is 0. The van der Waals surface area contributed by atoms with Crippen molar-refractivity contribution in [3.05, 3.63) is 60.2 Å². The van der Waals surface area contributed by atoms with E-state index in [0.717, 1.165) is 12.3 Å². The Balaban J connectivity index is 1.47. The third-order valence-corrected chi connectivity index (χ3v) is 4.17. The lowest BCUT2D eigenvalue weighted by Gasteiger charge is -2.26. The molecule has 0 saturated carbocycles. The van der Waals surface area contributed by atoms with Gasteiger partial charge in [0.05, 0.1) is 5.56 Å². The van der Waals surface area contributed by atoms with E-state index in [2.05, 4.69) is 4.90 Å². The van der Waals surface area contributed by atoms with Crippen molar-refractivity contribution in [1.82, 2.24) is 4.90 Å². The quantitative estimate of drug-likeness (QED) is 0.599. The molecule has 2 aromatic carbocycles. The fraction of sp³-hybridized carbons (Fsp3) is 0.350. The van der Waals surface area contributed by atoms with Crippen LogP contribution in [0.2, 0.25) is 0 Å². The zero-order valence-corrected chi connectivity index (χ0v) is 13.8. The maximum atomic E-state index is 12.1. The van der Waals surface area contributed by atoms with Gasteiger partial charge in [-0.15, -0.1) is 0 Å². The molecule has 1 aliphatic heterocycles. The van der Waals surface area contributed by atoms with Crippen LogP contribution in [0.25, 0.3) is 0 Å². The molecule has 2 aromatic rings. The maximum Gasteiger partial charge on any atom is 0.343 e. The van der Waals surface area contributed by atoms with E-state index in [9.17, 15) is 4.79 Å². The van der Waals surface area contributed by atoms with E-state index >= 15 is 0 Å². The first-order valence-corrected chi connectivity index (χ1v) is 8.54. The van der Waals surface area contributed by atoms with Crippen LogP contribution in [0, 0.1) is 0 Å². The molecule has 0 unspecified atom stereocenters. The van der Waals surface area contributed by atoms with Crippen molar-refractivity contribution in [2.75, 3.05) is 26.2 Å². The van der Waals surface area contributed by atoms with Crippen molar-refractivity contribution in [3.63, 3.8) is 0 Å². The minimum absolute atomic E-state index is 0.360. The monoisotopic (exact) mass is 325 g/mol. The lowest BCUT2D eigenvalue weighted by Crippen LogP contribution is -2.33. The van der Waals surface area contributed by atoms with Crippen LogP contribution in [0.1, 0.15) is 29.6 Å². The van der Waals surface area contributed by atoms with Gasteiger partial charge in [-0.05, 0) is 62.3 Å². The van der Waals surface area contributed by atoms with Crippen LogP contribution in [0.4, 0.5) is 0 Å². The Hall–Kier alpha value is -2.33. The van der Waals surface area contributed by atoms with E-state index in [1.807, 2.05) is 30.3 Å². The molecule has 0 atom stereocenters. The van der Waals surface area contributed by atoms with Gasteiger partial charge in [-0.1, -0.05) is 24.6 Å². The molecule has 0 amide bonds. The van der Waals surface area contributed by atoms with E-state index in [-0.39, 0.29) is 5.97 Å². The summed E-state index contributed by atoms with van der Waals surface area (Å²) in [5, 5.41) is 0. The number of hydrogen-bond donors (Lipinski definition) is 0. The third-order valence-electron chi connectivity index (χ3n) is 4.17. The fourth-order valence-corrected chi connectivity index (χ4v) is 2.82. The van der Waals surface area contributed by atoms with Gasteiger partial charge in [0.1, 0.15) is 18.1 Å². The lowest BCUT2D eigenvalue weighted by atomic mass is 10.1. The number of hydrogen-bond acceptors (Lipinski definition) is 4. The molecule has 1 saturated heterocycles. The van der Waals surface area contributed by atoms with Gasteiger partial charge >= 0.3 is 5.97 Å². The molecule has 126 valence electrons. The highest BCUT2D eigenvalue weighted by atomic mass is 16.5. The molecule has 4 heteroatoms. The van der Waals surface area contributed by atoms with Crippen molar-refractivity contribution >= 4 is 5.97 Å². The van der Waals surface area contributed by atoms with Gasteiger partial charge in [0.2, 0.25) is 0 Å². The summed E-state index contributed by atoms with van der Waals surface area (Å²) >= 11 is 0. The van der Waals surface area contributed by atoms with Gasteiger partial charge in [-0.3, -0.25) is 4.90 Å². The van der Waals surface area contributed by atoms with Gasteiger partial charge < -0.3 is 9.47 Å². The average molecular weight is 325 g/mol. The molecule has 4 nitrogen and oxygen atoms in total. The average Bonchev–Trinajstić information content (AvgIpc) is 2.64. The van der Waals surface area contributed by atoms with E-state index in [4.69, 9.17) is 9.47 Å². The van der Waals surface area contributed by atoms with Crippen molar-refractivity contribution in [2.24, 2.45) is 0 Å². The summed E-state index contributed by atoms with van der Waals surface area (Å²) in [5.74, 6) is 0.966. The van der Waals surface area contributed by atoms with E-state index < -0.39 is 0 Å². The van der Waals surface area contributed by atoms with Crippen LogP contribution in [0.3, 0.4) is 0 Å². The fourth-order valence-electron chi connectivity index (χ4n) is 2.82. The molecule has 0 aromatic heterocycles. The second-order valence-electron chi connectivity index (χ2n) is 5.98. The molecule has 0 bridgehead atoms. The first-order valence-electron chi connectivity index (χ1n) is 8.54. The van der Waals surface area contributed by atoms with Crippen molar-refractivity contribution in [3.8, 4) is 11.5 Å². The highest BCUT2D eigenvalue weighted by Crippen LogP contribution is 2.16. The van der Waals surface area contributed by atoms with E-state index in [1.165, 1.54) is 32.4 Å². The first-order chi connectivity index (χ1) is 11.8. The largest absolute Gasteiger partial charge is 0.492 e. The van der Waals surface area contributed by atoms with Gasteiger partial charge in [-0.25, -0.2) is 4.79 Å². The molecular formula is C20H23NO3. The Kier molecular flexibility index (Phi) is 5.85. The number of rotatable bonds is 6. The number of carbonyl (C=O) groups is 1. The van der Waals surface area contributed by atoms with Crippen LogP contribution >= 0.6 is 0 Å². The normalized spacial score (nSPS) is 15.0. The van der Waals surface area contributed by atoms with Crippen molar-refractivity contribution in [2.45, 2.75) is 19.3 Å². The first kappa shape index (κ1) is 16.5. The van der Waals surface area contributed by atoms with Crippen molar-refractivity contribution in [1.29, 1.82) is 0 Å². The molecule has 24 heavy (non-hydrogen) atoms. The molecule has 0 N–H and O–H groups in total. The zero-order chi connectivity index (χ0) is 16.6. The number of benzene rings is 2. The van der Waals surface area contributed by atoms with Crippen LogP contribution in [-0.4, -0.2) is 37.1 Å². The highest BCUT2D eigenvalue weighted by molar-refractivity contribution is 5.91. The zero-order valence-electron chi connectivity index (χ0n) is 13.8. The lowest BCUT2D eigenvalue weighted by molar-refractivity contribution is 0.0734. The summed E-state index contributed by atoms with van der Waals surface area (Å²) in [6.45, 7) is 3.98. The number of likely N-dealkylation sites (tertiary alicyclic amines) is 1. The Morgan fingerprint density at radius 1 is 0.875 bits per heavy atom. The number of ether oxygens (including phenoxy) is 2. The third kappa shape index (κ3) is 4.83. The molecule has 0 spiro atoms. The predicted octanol–water partition coefficient (Wildman–Crippen LogP) is 3.77. The molecule has 0 radical (unpaired) electrons. The standard InChI is InChI=1S/C20H23NO3/c22-20(24-19-7-3-1-4-8-19)17-9-11-18(12-10-17)23-16-15-21-13-5-2-6-14-21/h1,3-4,7-12H,2,5-6,13-16H2. The van der Waals surface area contributed by atoms with Crippen LogP contribution in [0.5, 0.6) is 11.5 Å². The minimum Gasteiger partial charge on any atom is -0.492 e. The second-order valence-corrected chi connectivity index (χ2v) is 5.98. The molecule has 1 fully saturated rings. The minimum atomic E-state index is -0.360. The van der Waals surface area contributed by atoms with E-state index in [1.54, 1.807) is 24.3 Å². The van der Waals surface area contributed by atoms with E-state index in [0.29, 0.717) is 17.9 Å². The van der Waals surface area contributed by atoms with Gasteiger partial charge in [0.15, 0.2) is 0 Å². The molecule has 3 rings (SSSR count). The van der Waals surface area contributed by atoms with Crippen LogP contribution in [-0.2, 0) is 0 Å². The molecule has 1 heterocycles. The molecular weight excluding hydrogens is 302 g/mol. The Labute approximate surface area is 143 Å². The van der Waals surface area contributed by atoms with Crippen LogP contribution in [0.15, 0.2) is 54.6 Å².